The number of halogens is 2. The minimum atomic E-state index is -0.931. The predicted octanol–water partition coefficient (Wildman–Crippen LogP) is 3.24. The molecule has 0 N–H and O–H groups in total. The Morgan fingerprint density at radius 2 is 1.75 bits per heavy atom. The first-order valence-corrected chi connectivity index (χ1v) is 10.4. The summed E-state index contributed by atoms with van der Waals surface area (Å²) in [6.45, 7) is 8.00. The fourth-order valence-electron chi connectivity index (χ4n) is 0. The monoisotopic (exact) mass is 205 g/mol. The molecule has 0 aromatic heterocycles. The summed E-state index contributed by atoms with van der Waals surface area (Å²) in [4.78, 5) is 0. The third kappa shape index (κ3) is 27.0. The van der Waals surface area contributed by atoms with Gasteiger partial charge in [-0.3, -0.25) is 0 Å². The normalized spacial score (nSPS) is 7.25. The molecule has 0 saturated heterocycles. The molecule has 0 nitrogen and oxygen atoms in total. The topological polar surface area (TPSA) is 0 Å². The van der Waals surface area contributed by atoms with Crippen molar-refractivity contribution in [1.29, 1.82) is 0 Å². The predicted molar refractivity (Wildman–Crippen MR) is 36.5 cm³/mol. The van der Waals surface area contributed by atoms with Crippen molar-refractivity contribution in [3.63, 3.8) is 0 Å². The third-order valence-corrected chi connectivity index (χ3v) is 0.697. The molecular formula is C5H11Cl2Zn. The van der Waals surface area contributed by atoms with E-state index in [4.69, 9.17) is 19.4 Å². The molecule has 0 aliphatic rings. The van der Waals surface area contributed by atoms with Crippen molar-refractivity contribution >= 4 is 19.4 Å². The summed E-state index contributed by atoms with van der Waals surface area (Å²) in [5.41, 5.74) is 0. The van der Waals surface area contributed by atoms with E-state index in [9.17, 15) is 0 Å². The maximum atomic E-state index is 4.95. The minimum absolute atomic E-state index is 0.634. The van der Waals surface area contributed by atoms with Gasteiger partial charge in [0.1, 0.15) is 0 Å². The molecule has 1 atom stereocenters. The third-order valence-electron chi connectivity index (χ3n) is 0.697. The summed E-state index contributed by atoms with van der Waals surface area (Å²) >= 11 is -0.931. The Kier molecular flexibility index (Phi) is 16.5. The van der Waals surface area contributed by atoms with E-state index in [1.165, 1.54) is 6.42 Å². The second-order valence-electron chi connectivity index (χ2n) is 1.61. The van der Waals surface area contributed by atoms with Crippen LogP contribution in [0, 0.1) is 12.8 Å². The molecule has 0 aromatic carbocycles. The van der Waals surface area contributed by atoms with Gasteiger partial charge in [0.25, 0.3) is 0 Å². The molecule has 0 aliphatic heterocycles. The Balaban J connectivity index is 0. The van der Waals surface area contributed by atoms with E-state index >= 15 is 0 Å². The van der Waals surface area contributed by atoms with Gasteiger partial charge in [-0.1, -0.05) is 27.2 Å². The van der Waals surface area contributed by atoms with Crippen molar-refractivity contribution in [3.05, 3.63) is 6.92 Å². The Morgan fingerprint density at radius 1 is 1.62 bits per heavy atom. The average molecular weight is 207 g/mol. The van der Waals surface area contributed by atoms with Gasteiger partial charge in [0, 0.05) is 0 Å². The summed E-state index contributed by atoms with van der Waals surface area (Å²) in [6, 6.07) is 0. The van der Waals surface area contributed by atoms with Crippen LogP contribution in [0.15, 0.2) is 0 Å². The van der Waals surface area contributed by atoms with E-state index in [2.05, 4.69) is 20.8 Å². The van der Waals surface area contributed by atoms with Crippen LogP contribution in [-0.4, -0.2) is 0 Å². The van der Waals surface area contributed by atoms with Gasteiger partial charge in [0.2, 0.25) is 0 Å². The van der Waals surface area contributed by atoms with Crippen LogP contribution >= 0.6 is 19.4 Å². The number of hydrogen-bond donors (Lipinski definition) is 0. The first-order chi connectivity index (χ1) is 3.68. The average Bonchev–Trinajstić information content (AvgIpc) is 1.69. The second kappa shape index (κ2) is 11.1. The quantitative estimate of drug-likeness (QED) is 0.579. The summed E-state index contributed by atoms with van der Waals surface area (Å²) < 4.78 is 0. The Morgan fingerprint density at radius 3 is 1.75 bits per heavy atom. The Hall–Kier alpha value is 1.20. The molecule has 0 saturated carbocycles. The summed E-state index contributed by atoms with van der Waals surface area (Å²) in [5.74, 6) is 0.634. The van der Waals surface area contributed by atoms with Crippen molar-refractivity contribution in [1.82, 2.24) is 0 Å². The van der Waals surface area contributed by atoms with Crippen molar-refractivity contribution in [2.24, 2.45) is 5.92 Å². The SMILES string of the molecule is [CH2]C(C)CC.[Cl][Zn][Cl]. The molecule has 0 bridgehead atoms. The van der Waals surface area contributed by atoms with Gasteiger partial charge < -0.3 is 0 Å². The van der Waals surface area contributed by atoms with Crippen molar-refractivity contribution in [3.8, 4) is 0 Å². The van der Waals surface area contributed by atoms with E-state index in [1.807, 2.05) is 0 Å². The van der Waals surface area contributed by atoms with E-state index in [1.54, 1.807) is 0 Å². The van der Waals surface area contributed by atoms with E-state index < -0.39 is 15.1 Å². The number of hydrogen-bond acceptors (Lipinski definition) is 0. The van der Waals surface area contributed by atoms with E-state index in [0.29, 0.717) is 5.92 Å². The Bertz CT molecular complexity index is 31.6. The molecular weight excluding hydrogens is 196 g/mol. The van der Waals surface area contributed by atoms with Gasteiger partial charge in [0.15, 0.2) is 0 Å². The molecule has 3 heteroatoms. The van der Waals surface area contributed by atoms with Crippen LogP contribution in [0.4, 0.5) is 0 Å². The molecule has 0 rings (SSSR count). The summed E-state index contributed by atoms with van der Waals surface area (Å²) in [7, 11) is 9.90. The molecule has 0 aliphatic carbocycles. The van der Waals surface area contributed by atoms with Crippen LogP contribution in [-0.2, 0) is 15.1 Å². The van der Waals surface area contributed by atoms with Crippen LogP contribution in [0.25, 0.3) is 0 Å². The fraction of sp³-hybridized carbons (Fsp3) is 0.800. The Labute approximate surface area is 67.6 Å². The molecule has 0 aromatic rings. The van der Waals surface area contributed by atoms with Gasteiger partial charge >= 0.3 is 34.5 Å². The first-order valence-electron chi connectivity index (χ1n) is 2.64. The molecule has 0 heterocycles. The van der Waals surface area contributed by atoms with Crippen LogP contribution in [0.5, 0.6) is 0 Å². The molecule has 47 valence electrons. The molecule has 0 fully saturated rings. The zero-order chi connectivity index (χ0) is 6.99. The van der Waals surface area contributed by atoms with Gasteiger partial charge in [-0.25, -0.2) is 0 Å². The standard InChI is InChI=1S/C5H11.2ClH.Zn/c1-4-5(2)3;;;/h5H,2,4H2,1,3H3;2*1H;/q;;;+2/p-2. The molecule has 1 unspecified atom stereocenters. The fourth-order valence-corrected chi connectivity index (χ4v) is 0. The second-order valence-corrected chi connectivity index (χ2v) is 6.24. The van der Waals surface area contributed by atoms with E-state index in [0.717, 1.165) is 0 Å². The first kappa shape index (κ1) is 11.9. The molecule has 0 amide bonds. The number of rotatable bonds is 1. The van der Waals surface area contributed by atoms with E-state index in [-0.39, 0.29) is 0 Å². The van der Waals surface area contributed by atoms with Gasteiger partial charge in [-0.15, -0.1) is 0 Å². The maximum absolute atomic E-state index is 4.95. The van der Waals surface area contributed by atoms with Gasteiger partial charge in [0.05, 0.1) is 0 Å². The molecule has 1 radical (unpaired) electrons. The van der Waals surface area contributed by atoms with Crippen molar-refractivity contribution in [2.45, 2.75) is 20.3 Å². The van der Waals surface area contributed by atoms with Gasteiger partial charge in [-0.2, -0.15) is 0 Å². The van der Waals surface area contributed by atoms with Crippen LogP contribution in [0.3, 0.4) is 0 Å². The van der Waals surface area contributed by atoms with Crippen molar-refractivity contribution in [2.75, 3.05) is 0 Å². The zero-order valence-electron chi connectivity index (χ0n) is 5.45. The van der Waals surface area contributed by atoms with Crippen LogP contribution in [0.2, 0.25) is 0 Å². The van der Waals surface area contributed by atoms with Gasteiger partial charge in [-0.05, 0) is 5.92 Å². The molecule has 0 spiro atoms. The zero-order valence-corrected chi connectivity index (χ0v) is 9.93. The molecule has 8 heavy (non-hydrogen) atoms. The summed E-state index contributed by atoms with van der Waals surface area (Å²) in [5, 5.41) is 0. The van der Waals surface area contributed by atoms with Crippen molar-refractivity contribution < 1.29 is 15.1 Å². The van der Waals surface area contributed by atoms with Crippen LogP contribution in [0.1, 0.15) is 20.3 Å². The summed E-state index contributed by atoms with van der Waals surface area (Å²) in [6.07, 6.45) is 1.19. The van der Waals surface area contributed by atoms with Crippen LogP contribution < -0.4 is 0 Å².